The van der Waals surface area contributed by atoms with Crippen LogP contribution in [-0.4, -0.2) is 73.4 Å². The number of nitrogens with zero attached hydrogens (tertiary/aromatic N) is 2. The molecule has 0 spiro atoms. The first kappa shape index (κ1) is 26.3. The topological polar surface area (TPSA) is 123 Å². The summed E-state index contributed by atoms with van der Waals surface area (Å²) in [5.41, 5.74) is 0.728. The molecule has 1 fully saturated rings. The predicted molar refractivity (Wildman–Crippen MR) is 128 cm³/mol. The van der Waals surface area contributed by atoms with Crippen molar-refractivity contribution in [2.75, 3.05) is 38.3 Å². The van der Waals surface area contributed by atoms with Crippen molar-refractivity contribution in [2.24, 2.45) is 0 Å². The molecule has 13 heteroatoms. The molecule has 3 rings (SSSR count). The third kappa shape index (κ3) is 5.48. The molecule has 34 heavy (non-hydrogen) atoms. The van der Waals surface area contributed by atoms with E-state index in [0.717, 1.165) is 11.3 Å². The number of amides is 1. The van der Waals surface area contributed by atoms with E-state index < -0.39 is 11.9 Å². The Morgan fingerprint density at radius 3 is 2.44 bits per heavy atom. The minimum atomic E-state index is -0.685. The quantitative estimate of drug-likeness (QED) is 0.495. The van der Waals surface area contributed by atoms with Gasteiger partial charge in [-0.2, -0.15) is 0 Å². The number of carbonyl (C=O) groups excluding carboxylic acids is 3. The SMILES string of the molecule is CCOC(=O)c1nc(N2CC[C@@H](NC(=O)c3[nH]c(C)c(Cl)c3Cl)[C@@H](OC)C2)sc1C(=O)OCC. The van der Waals surface area contributed by atoms with Crippen LogP contribution in [-0.2, 0) is 14.2 Å². The van der Waals surface area contributed by atoms with Gasteiger partial charge in [-0.1, -0.05) is 34.5 Å². The molecular formula is C21H26Cl2N4O6S. The van der Waals surface area contributed by atoms with Gasteiger partial charge in [0, 0.05) is 25.9 Å². The molecule has 1 saturated heterocycles. The van der Waals surface area contributed by atoms with Crippen LogP contribution in [0, 0.1) is 6.92 Å². The Morgan fingerprint density at radius 2 is 1.85 bits per heavy atom. The summed E-state index contributed by atoms with van der Waals surface area (Å²) < 4.78 is 15.7. The number of aromatic amines is 1. The van der Waals surface area contributed by atoms with Crippen LogP contribution in [0.4, 0.5) is 5.13 Å². The Balaban J connectivity index is 1.77. The van der Waals surface area contributed by atoms with E-state index in [9.17, 15) is 14.4 Å². The summed E-state index contributed by atoms with van der Waals surface area (Å²) in [6.45, 7) is 6.28. The highest BCUT2D eigenvalue weighted by atomic mass is 35.5. The number of rotatable bonds is 8. The number of hydrogen-bond donors (Lipinski definition) is 2. The molecule has 2 atom stereocenters. The van der Waals surface area contributed by atoms with Crippen molar-refractivity contribution in [2.45, 2.75) is 39.3 Å². The molecule has 186 valence electrons. The van der Waals surface area contributed by atoms with Crippen LogP contribution in [0.1, 0.15) is 56.6 Å². The van der Waals surface area contributed by atoms with Gasteiger partial charge in [0.25, 0.3) is 5.91 Å². The summed E-state index contributed by atoms with van der Waals surface area (Å²) >= 11 is 13.3. The molecule has 2 N–H and O–H groups in total. The standard InChI is InChI=1S/C21H26Cl2N4O6S/c1-5-32-19(29)16-17(20(30)33-6-2)34-21(26-16)27-8-7-11(12(9-27)31-4)25-18(28)15-14(23)13(22)10(3)24-15/h11-12,24H,5-9H2,1-4H3,(H,25,28)/t11-,12+/m1/s1. The second-order valence-electron chi connectivity index (χ2n) is 7.46. The maximum absolute atomic E-state index is 12.8. The molecule has 3 heterocycles. The van der Waals surface area contributed by atoms with E-state index in [-0.39, 0.29) is 52.6 Å². The van der Waals surface area contributed by atoms with Crippen molar-refractivity contribution in [3.8, 4) is 0 Å². The highest BCUT2D eigenvalue weighted by Gasteiger charge is 2.35. The number of aromatic nitrogens is 2. The lowest BCUT2D eigenvalue weighted by molar-refractivity contribution is 0.0478. The monoisotopic (exact) mass is 532 g/mol. The Hall–Kier alpha value is -2.34. The Morgan fingerprint density at radius 1 is 1.18 bits per heavy atom. The second kappa shape index (κ2) is 11.4. The third-order valence-electron chi connectivity index (χ3n) is 5.28. The average molecular weight is 533 g/mol. The van der Waals surface area contributed by atoms with Crippen LogP contribution in [0.2, 0.25) is 10.0 Å². The number of halogens is 2. The molecule has 0 bridgehead atoms. The minimum Gasteiger partial charge on any atom is -0.462 e. The van der Waals surface area contributed by atoms with E-state index in [0.29, 0.717) is 35.4 Å². The Bertz CT molecular complexity index is 1040. The summed E-state index contributed by atoms with van der Waals surface area (Å²) in [5, 5.41) is 3.89. The van der Waals surface area contributed by atoms with Crippen LogP contribution >= 0.6 is 34.5 Å². The molecule has 1 amide bonds. The third-order valence-corrected chi connectivity index (χ3v) is 7.32. The van der Waals surface area contributed by atoms with Crippen LogP contribution in [0.5, 0.6) is 0 Å². The number of piperidine rings is 1. The van der Waals surface area contributed by atoms with Gasteiger partial charge in [0.15, 0.2) is 10.8 Å². The molecule has 2 aromatic rings. The smallest absolute Gasteiger partial charge is 0.358 e. The molecule has 0 aromatic carbocycles. The molecular weight excluding hydrogens is 507 g/mol. The maximum atomic E-state index is 12.8. The van der Waals surface area contributed by atoms with Gasteiger partial charge in [0.2, 0.25) is 0 Å². The summed E-state index contributed by atoms with van der Waals surface area (Å²) in [5.74, 6) is -1.70. The van der Waals surface area contributed by atoms with E-state index in [4.69, 9.17) is 37.4 Å². The first-order chi connectivity index (χ1) is 16.2. The highest BCUT2D eigenvalue weighted by molar-refractivity contribution is 7.17. The molecule has 0 aliphatic carbocycles. The van der Waals surface area contributed by atoms with Crippen LogP contribution < -0.4 is 10.2 Å². The molecule has 1 aliphatic heterocycles. The van der Waals surface area contributed by atoms with E-state index in [2.05, 4.69) is 15.3 Å². The highest BCUT2D eigenvalue weighted by Crippen LogP contribution is 2.32. The normalized spacial score (nSPS) is 18.0. The maximum Gasteiger partial charge on any atom is 0.358 e. The van der Waals surface area contributed by atoms with Gasteiger partial charge in [-0.15, -0.1) is 0 Å². The first-order valence-corrected chi connectivity index (χ1v) is 12.3. The van der Waals surface area contributed by atoms with Gasteiger partial charge < -0.3 is 29.4 Å². The van der Waals surface area contributed by atoms with E-state index in [1.165, 1.54) is 0 Å². The number of nitrogens with one attached hydrogen (secondary N) is 2. The zero-order chi connectivity index (χ0) is 25.0. The number of methoxy groups -OCH3 is 1. The zero-order valence-corrected chi connectivity index (χ0v) is 21.5. The second-order valence-corrected chi connectivity index (χ2v) is 9.19. The fourth-order valence-corrected chi connectivity index (χ4v) is 4.98. The summed E-state index contributed by atoms with van der Waals surface area (Å²) in [4.78, 5) is 46.8. The zero-order valence-electron chi connectivity index (χ0n) is 19.2. The van der Waals surface area contributed by atoms with Crippen LogP contribution in [0.25, 0.3) is 0 Å². The number of anilines is 1. The van der Waals surface area contributed by atoms with Crippen molar-refractivity contribution < 1.29 is 28.6 Å². The van der Waals surface area contributed by atoms with E-state index in [1.54, 1.807) is 27.9 Å². The minimum absolute atomic E-state index is 0.0710. The molecule has 0 radical (unpaired) electrons. The molecule has 0 saturated carbocycles. The van der Waals surface area contributed by atoms with Gasteiger partial charge in [0.1, 0.15) is 10.6 Å². The summed E-state index contributed by atoms with van der Waals surface area (Å²) in [6, 6.07) is -0.304. The molecule has 10 nitrogen and oxygen atoms in total. The Labute approximate surface area is 210 Å². The Kier molecular flexibility index (Phi) is 8.80. The summed E-state index contributed by atoms with van der Waals surface area (Å²) in [7, 11) is 1.55. The van der Waals surface area contributed by atoms with Crippen molar-refractivity contribution in [1.82, 2.24) is 15.3 Å². The number of esters is 2. The van der Waals surface area contributed by atoms with Gasteiger partial charge in [-0.05, 0) is 27.2 Å². The fraction of sp³-hybridized carbons (Fsp3) is 0.524. The number of H-pyrrole nitrogens is 1. The van der Waals surface area contributed by atoms with E-state index >= 15 is 0 Å². The van der Waals surface area contributed by atoms with Gasteiger partial charge >= 0.3 is 11.9 Å². The van der Waals surface area contributed by atoms with E-state index in [1.807, 2.05) is 4.90 Å². The van der Waals surface area contributed by atoms with Crippen molar-refractivity contribution in [1.29, 1.82) is 0 Å². The van der Waals surface area contributed by atoms with Crippen LogP contribution in [0.15, 0.2) is 0 Å². The number of ether oxygens (including phenoxy) is 3. The fourth-order valence-electron chi connectivity index (χ4n) is 3.58. The number of aryl methyl sites for hydroxylation is 1. The average Bonchev–Trinajstić information content (AvgIpc) is 3.37. The number of hydrogen-bond acceptors (Lipinski definition) is 9. The molecule has 0 unspecified atom stereocenters. The lowest BCUT2D eigenvalue weighted by Crippen LogP contribution is -2.55. The molecule has 2 aromatic heterocycles. The van der Waals surface area contributed by atoms with Gasteiger partial charge in [-0.3, -0.25) is 4.79 Å². The lowest BCUT2D eigenvalue weighted by Gasteiger charge is -2.37. The summed E-state index contributed by atoms with van der Waals surface area (Å²) in [6.07, 6.45) is 0.141. The van der Waals surface area contributed by atoms with Crippen molar-refractivity contribution in [3.05, 3.63) is 32.0 Å². The predicted octanol–water partition coefficient (Wildman–Crippen LogP) is 3.46. The van der Waals surface area contributed by atoms with Crippen molar-refractivity contribution >= 4 is 57.5 Å². The number of carbonyl (C=O) groups is 3. The molecule has 1 aliphatic rings. The number of thiazole rings is 1. The lowest BCUT2D eigenvalue weighted by atomic mass is 10.0. The van der Waals surface area contributed by atoms with Gasteiger partial charge in [-0.25, -0.2) is 14.6 Å². The largest absolute Gasteiger partial charge is 0.462 e. The first-order valence-electron chi connectivity index (χ1n) is 10.7. The van der Waals surface area contributed by atoms with Crippen molar-refractivity contribution in [3.63, 3.8) is 0 Å². The van der Waals surface area contributed by atoms with Gasteiger partial charge in [0.05, 0.1) is 35.4 Å². The van der Waals surface area contributed by atoms with Crippen LogP contribution in [0.3, 0.4) is 0 Å².